The molecule has 0 spiro atoms. The van der Waals surface area contributed by atoms with Gasteiger partial charge in [0.05, 0.1) is 5.41 Å². The third-order valence-electron chi connectivity index (χ3n) is 2.07. The molecule has 1 saturated heterocycles. The molecule has 0 atom stereocenters. The minimum atomic E-state index is -2.05. The van der Waals surface area contributed by atoms with E-state index in [0.717, 1.165) is 0 Å². The van der Waals surface area contributed by atoms with E-state index in [0.29, 0.717) is 0 Å². The van der Waals surface area contributed by atoms with Crippen LogP contribution in [0.15, 0.2) is 0 Å². The van der Waals surface area contributed by atoms with E-state index in [9.17, 15) is 19.2 Å². The van der Waals surface area contributed by atoms with Gasteiger partial charge in [-0.2, -0.15) is 0 Å². The van der Waals surface area contributed by atoms with E-state index in [1.165, 1.54) is 0 Å². The van der Waals surface area contributed by atoms with Gasteiger partial charge in [0.25, 0.3) is 0 Å². The lowest BCUT2D eigenvalue weighted by Gasteiger charge is -2.37. The van der Waals surface area contributed by atoms with Gasteiger partial charge in [-0.1, -0.05) is 29.8 Å². The second-order valence-electron chi connectivity index (χ2n) is 4.06. The molecule has 1 aliphatic rings. The second-order valence-corrected chi connectivity index (χ2v) is 5.67. The van der Waals surface area contributed by atoms with Crippen molar-refractivity contribution >= 4 is 56.5 Å². The zero-order chi connectivity index (χ0) is 15.6. The predicted octanol–water partition coefficient (Wildman–Crippen LogP) is 3.03. The first kappa shape index (κ1) is 16.7. The number of ether oxygens (including phenoxy) is 5. The molecular weight excluding hydrogens is 412 g/mol. The summed E-state index contributed by atoms with van der Waals surface area (Å²) in [5.41, 5.74) is -1.02. The minimum Gasteiger partial charge on any atom is -0.379 e. The predicted molar refractivity (Wildman–Crippen MR) is 66.2 cm³/mol. The third-order valence-corrected chi connectivity index (χ3v) is 4.87. The van der Waals surface area contributed by atoms with Crippen molar-refractivity contribution in [2.45, 2.75) is 18.5 Å². The molecule has 1 aliphatic heterocycles. The molecule has 1 fully saturated rings. The molecule has 112 valence electrons. The molecule has 20 heavy (non-hydrogen) atoms. The summed E-state index contributed by atoms with van der Waals surface area (Å²) in [5, 5.41) is 0.199. The van der Waals surface area contributed by atoms with Crippen molar-refractivity contribution in [3.8, 4) is 0 Å². The lowest BCUT2D eigenvalue weighted by atomic mass is 9.96. The van der Waals surface area contributed by atoms with Crippen LogP contribution < -0.4 is 0 Å². The highest BCUT2D eigenvalue weighted by atomic mass is 79.9. The van der Waals surface area contributed by atoms with E-state index < -0.39 is 34.7 Å². The average molecular weight is 420 g/mol. The van der Waals surface area contributed by atoms with Gasteiger partial charge in [-0.25, -0.2) is 19.2 Å². The molecule has 0 aromatic rings. The molecule has 0 amide bonds. The van der Waals surface area contributed by atoms with E-state index >= 15 is 0 Å². The maximum Gasteiger partial charge on any atom is 0.528 e. The Morgan fingerprint density at radius 2 is 1.25 bits per heavy atom. The number of halogens is 2. The zero-order valence-corrected chi connectivity index (χ0v) is 13.3. The molecular formula is C9H8Br2O9. The fraction of sp³-hybridized carbons (Fsp3) is 0.556. The van der Waals surface area contributed by atoms with Crippen LogP contribution in [0, 0.1) is 5.41 Å². The normalized spacial score (nSPS) is 20.0. The number of rotatable bonds is 2. The Balaban J connectivity index is 3.10. The van der Waals surface area contributed by atoms with Crippen molar-refractivity contribution in [2.24, 2.45) is 5.41 Å². The van der Waals surface area contributed by atoms with Crippen molar-refractivity contribution in [3.63, 3.8) is 0 Å². The van der Waals surface area contributed by atoms with Crippen molar-refractivity contribution in [3.05, 3.63) is 0 Å². The number of hydrogen-bond acceptors (Lipinski definition) is 9. The largest absolute Gasteiger partial charge is 0.528 e. The van der Waals surface area contributed by atoms with Gasteiger partial charge in [-0.3, -0.25) is 0 Å². The summed E-state index contributed by atoms with van der Waals surface area (Å²) in [6, 6.07) is 0. The number of alkyl halides is 2. The molecule has 1 rings (SSSR count). The Morgan fingerprint density at radius 3 is 1.60 bits per heavy atom. The summed E-state index contributed by atoms with van der Waals surface area (Å²) in [7, 11) is 0. The Kier molecular flexibility index (Phi) is 4.97. The van der Waals surface area contributed by atoms with Crippen LogP contribution in [0.25, 0.3) is 0 Å². The van der Waals surface area contributed by atoms with Gasteiger partial charge in [-0.05, 0) is 0 Å². The van der Waals surface area contributed by atoms with Crippen molar-refractivity contribution in [1.82, 2.24) is 0 Å². The summed E-state index contributed by atoms with van der Waals surface area (Å²) < 4.78 is 19.2. The van der Waals surface area contributed by atoms with E-state index in [2.05, 4.69) is 46.1 Å². The monoisotopic (exact) mass is 418 g/mol. The van der Waals surface area contributed by atoms with E-state index in [1.54, 1.807) is 13.8 Å². The molecule has 0 bridgehead atoms. The molecule has 0 saturated carbocycles. The van der Waals surface area contributed by atoms with Crippen LogP contribution in [-0.2, 0) is 23.7 Å². The maximum absolute atomic E-state index is 11.4. The van der Waals surface area contributed by atoms with E-state index in [4.69, 9.17) is 9.47 Å². The van der Waals surface area contributed by atoms with Crippen molar-refractivity contribution in [2.75, 3.05) is 5.33 Å². The lowest BCUT2D eigenvalue weighted by Crippen LogP contribution is -2.49. The highest BCUT2D eigenvalue weighted by Gasteiger charge is 2.52. The maximum atomic E-state index is 11.4. The van der Waals surface area contributed by atoms with Gasteiger partial charge in [0.15, 0.2) is 0 Å². The highest BCUT2D eigenvalue weighted by molar-refractivity contribution is 9.10. The summed E-state index contributed by atoms with van der Waals surface area (Å²) in [6.45, 7) is 3.09. The first-order valence-electron chi connectivity index (χ1n) is 4.92. The third kappa shape index (κ3) is 3.82. The summed E-state index contributed by atoms with van der Waals surface area (Å²) >= 11 is 6.04. The molecule has 0 radical (unpaired) electrons. The number of carbonyl (C=O) groups is 4. The van der Waals surface area contributed by atoms with Crippen LogP contribution in [0.4, 0.5) is 19.2 Å². The van der Waals surface area contributed by atoms with E-state index in [1.807, 2.05) is 0 Å². The van der Waals surface area contributed by atoms with Crippen LogP contribution in [0.1, 0.15) is 13.8 Å². The van der Waals surface area contributed by atoms with Gasteiger partial charge in [0, 0.05) is 21.3 Å². The van der Waals surface area contributed by atoms with Gasteiger partial charge in [-0.15, -0.1) is 0 Å². The highest BCUT2D eigenvalue weighted by Crippen LogP contribution is 2.43. The van der Waals surface area contributed by atoms with E-state index in [-0.39, 0.29) is 5.33 Å². The second kappa shape index (κ2) is 5.95. The fourth-order valence-corrected chi connectivity index (χ4v) is 2.03. The molecule has 0 aromatic heterocycles. The minimum absolute atomic E-state index is 0.199. The fourth-order valence-electron chi connectivity index (χ4n) is 0.879. The molecule has 9 nitrogen and oxygen atoms in total. The zero-order valence-electron chi connectivity index (χ0n) is 10.1. The van der Waals surface area contributed by atoms with Crippen LogP contribution in [-0.4, -0.2) is 34.6 Å². The lowest BCUT2D eigenvalue weighted by molar-refractivity contribution is -0.170. The topological polar surface area (TPSA) is 114 Å². The van der Waals surface area contributed by atoms with Gasteiger partial charge < -0.3 is 23.7 Å². The standard InChI is InChI=1S/C9H8Br2O9/c1-8(2,3-10)9(11)19-6(14)17-4(12)16-5(13)18-7(15)20-9/h3H2,1-2H3. The Hall–Kier alpha value is -1.36. The number of carbonyl (C=O) groups excluding carboxylic acids is 4. The Labute approximate surface area is 129 Å². The Morgan fingerprint density at radius 1 is 0.900 bits per heavy atom. The first-order chi connectivity index (χ1) is 9.09. The van der Waals surface area contributed by atoms with Gasteiger partial charge >= 0.3 is 29.3 Å². The molecule has 0 unspecified atom stereocenters. The van der Waals surface area contributed by atoms with Crippen molar-refractivity contribution < 1.29 is 42.9 Å². The first-order valence-corrected chi connectivity index (χ1v) is 6.83. The van der Waals surface area contributed by atoms with Crippen LogP contribution >= 0.6 is 31.9 Å². The molecule has 1 heterocycles. The molecule has 11 heteroatoms. The summed E-state index contributed by atoms with van der Waals surface area (Å²) in [4.78, 5) is 44.6. The molecule has 0 N–H and O–H groups in total. The molecule has 0 aromatic carbocycles. The van der Waals surface area contributed by atoms with Crippen LogP contribution in [0.3, 0.4) is 0 Å². The Bertz CT molecular complexity index is 428. The van der Waals surface area contributed by atoms with Gasteiger partial charge in [0.2, 0.25) is 0 Å². The quantitative estimate of drug-likeness (QED) is 0.378. The van der Waals surface area contributed by atoms with Crippen LogP contribution in [0.2, 0.25) is 0 Å². The van der Waals surface area contributed by atoms with Crippen molar-refractivity contribution in [1.29, 1.82) is 0 Å². The SMILES string of the molecule is CC(C)(CBr)C1(Br)OC(=O)OC(=O)OC(=O)OC(=O)O1. The van der Waals surface area contributed by atoms with Crippen LogP contribution in [0.5, 0.6) is 0 Å². The smallest absolute Gasteiger partial charge is 0.379 e. The molecule has 0 aliphatic carbocycles. The number of cyclic esters (lactones) is 8. The average Bonchev–Trinajstić information content (AvgIpc) is 2.25. The number of hydrogen-bond donors (Lipinski definition) is 0. The van der Waals surface area contributed by atoms with Gasteiger partial charge in [0.1, 0.15) is 0 Å². The summed E-state index contributed by atoms with van der Waals surface area (Å²) in [5.74, 6) is 0. The summed E-state index contributed by atoms with van der Waals surface area (Å²) in [6.07, 6.45) is -6.49.